The molecule has 1 aliphatic rings. The fraction of sp³-hybridized carbons (Fsp3) is 0.0800. The number of rotatable bonds is 5. The molecule has 3 aromatic carbocycles. The lowest BCUT2D eigenvalue weighted by atomic mass is 10.1. The van der Waals surface area contributed by atoms with Crippen molar-refractivity contribution in [1.82, 2.24) is 0 Å². The number of halogens is 5. The molecule has 0 saturated heterocycles. The van der Waals surface area contributed by atoms with E-state index in [1.165, 1.54) is 36.4 Å². The third-order valence-electron chi connectivity index (χ3n) is 5.38. The molecule has 11 heteroatoms. The smallest absolute Gasteiger partial charge is 0.350 e. The number of amides is 3. The number of benzene rings is 3. The van der Waals surface area contributed by atoms with Gasteiger partial charge in [-0.15, -0.1) is 0 Å². The van der Waals surface area contributed by atoms with Crippen LogP contribution in [0.25, 0.3) is 0 Å². The summed E-state index contributed by atoms with van der Waals surface area (Å²) in [5.41, 5.74) is -0.618. The van der Waals surface area contributed by atoms with E-state index in [2.05, 4.69) is 10.6 Å². The van der Waals surface area contributed by atoms with E-state index in [-0.39, 0.29) is 27.7 Å². The maximum atomic E-state index is 13.2. The van der Waals surface area contributed by atoms with E-state index in [4.69, 9.17) is 23.2 Å². The van der Waals surface area contributed by atoms with Gasteiger partial charge in [-0.3, -0.25) is 14.4 Å². The summed E-state index contributed by atoms with van der Waals surface area (Å²) in [4.78, 5) is 39.4. The lowest BCUT2D eigenvalue weighted by Crippen LogP contribution is -2.32. The Bertz CT molecular complexity index is 1440. The molecule has 0 fully saturated rings. The monoisotopic (exact) mass is 533 g/mol. The topological polar surface area (TPSA) is 78.5 Å². The van der Waals surface area contributed by atoms with Crippen molar-refractivity contribution in [2.45, 2.75) is 13.1 Å². The van der Waals surface area contributed by atoms with Crippen LogP contribution >= 0.6 is 23.2 Å². The van der Waals surface area contributed by atoms with Crippen LogP contribution in [-0.2, 0) is 15.8 Å². The Labute approximate surface area is 213 Å². The Kier molecular flexibility index (Phi) is 6.79. The molecule has 0 radical (unpaired) electrons. The number of nitrogens with one attached hydrogen (secondary N) is 2. The van der Waals surface area contributed by atoms with E-state index < -0.39 is 35.1 Å². The van der Waals surface area contributed by atoms with E-state index >= 15 is 0 Å². The molecule has 0 saturated carbocycles. The van der Waals surface area contributed by atoms with Crippen LogP contribution in [0.5, 0.6) is 0 Å². The molecular formula is C25H16Cl2F3N3O3. The van der Waals surface area contributed by atoms with Crippen molar-refractivity contribution >= 4 is 58.0 Å². The summed E-state index contributed by atoms with van der Waals surface area (Å²) in [6.45, 7) is 1.65. The van der Waals surface area contributed by atoms with Gasteiger partial charge < -0.3 is 10.6 Å². The summed E-state index contributed by atoms with van der Waals surface area (Å²) < 4.78 is 39.7. The maximum absolute atomic E-state index is 13.2. The van der Waals surface area contributed by atoms with Gasteiger partial charge in [-0.1, -0.05) is 47.5 Å². The van der Waals surface area contributed by atoms with Gasteiger partial charge in [0.15, 0.2) is 0 Å². The zero-order chi connectivity index (χ0) is 26.2. The largest absolute Gasteiger partial charge is 0.418 e. The first-order valence-electron chi connectivity index (χ1n) is 10.4. The first-order valence-corrected chi connectivity index (χ1v) is 11.1. The van der Waals surface area contributed by atoms with E-state index in [0.29, 0.717) is 10.6 Å². The van der Waals surface area contributed by atoms with Crippen LogP contribution in [0, 0.1) is 6.92 Å². The molecule has 2 N–H and O–H groups in total. The van der Waals surface area contributed by atoms with Gasteiger partial charge in [-0.05, 0) is 55.0 Å². The first kappa shape index (κ1) is 25.3. The normalized spacial score (nSPS) is 13.9. The molecule has 0 atom stereocenters. The molecule has 4 rings (SSSR count). The molecule has 6 nitrogen and oxygen atoms in total. The molecule has 3 aromatic rings. The molecule has 0 aliphatic carbocycles. The number of alkyl halides is 3. The predicted molar refractivity (Wildman–Crippen MR) is 131 cm³/mol. The number of carbonyl (C=O) groups is 3. The second kappa shape index (κ2) is 9.67. The molecule has 0 aromatic heterocycles. The van der Waals surface area contributed by atoms with E-state index in [1.54, 1.807) is 25.1 Å². The van der Waals surface area contributed by atoms with E-state index in [0.717, 1.165) is 17.0 Å². The molecule has 1 heterocycles. The van der Waals surface area contributed by atoms with Gasteiger partial charge in [-0.2, -0.15) is 13.2 Å². The summed E-state index contributed by atoms with van der Waals surface area (Å²) in [5.74, 6) is -2.29. The molecule has 184 valence electrons. The molecule has 0 unspecified atom stereocenters. The zero-order valence-corrected chi connectivity index (χ0v) is 19.9. The van der Waals surface area contributed by atoms with Crippen LogP contribution < -0.4 is 15.5 Å². The number of hydrogen-bond donors (Lipinski definition) is 2. The number of anilines is 3. The molecule has 3 amide bonds. The van der Waals surface area contributed by atoms with Crippen molar-refractivity contribution in [1.29, 1.82) is 0 Å². The standard InChI is InChI=1S/C25H16Cl2F3N3O3/c1-13-17(26)9-5-11-19(13)33-23(35)20(27)21(24(33)36)31-15-7-4-6-14(12-15)22(34)32-18-10-3-2-8-16(18)25(28,29)30/h2-12,31H,1H3,(H,32,34). The molecule has 1 aliphatic heterocycles. The number of carbonyl (C=O) groups excluding carboxylic acids is 3. The highest BCUT2D eigenvalue weighted by atomic mass is 35.5. The minimum atomic E-state index is -4.65. The Hall–Kier alpha value is -3.82. The summed E-state index contributed by atoms with van der Waals surface area (Å²) in [6, 6.07) is 15.0. The van der Waals surface area contributed by atoms with Gasteiger partial charge in [-0.25, -0.2) is 4.90 Å². The Morgan fingerprint density at radius 2 is 1.61 bits per heavy atom. The summed E-state index contributed by atoms with van der Waals surface area (Å²) in [6.07, 6.45) is -4.65. The summed E-state index contributed by atoms with van der Waals surface area (Å²) in [5, 5.41) is 4.98. The average molecular weight is 534 g/mol. The molecule has 0 bridgehead atoms. The maximum Gasteiger partial charge on any atom is 0.418 e. The number of hydrogen-bond acceptors (Lipinski definition) is 4. The zero-order valence-electron chi connectivity index (χ0n) is 18.4. The van der Waals surface area contributed by atoms with Crippen LogP contribution in [-0.4, -0.2) is 17.7 Å². The second-order valence-corrected chi connectivity index (χ2v) is 8.51. The second-order valence-electron chi connectivity index (χ2n) is 7.72. The Balaban J connectivity index is 1.57. The van der Waals surface area contributed by atoms with Crippen LogP contribution in [0.2, 0.25) is 5.02 Å². The van der Waals surface area contributed by atoms with Gasteiger partial charge in [0.05, 0.1) is 16.9 Å². The van der Waals surface area contributed by atoms with Crippen molar-refractivity contribution in [3.63, 3.8) is 0 Å². The van der Waals surface area contributed by atoms with Crippen LogP contribution in [0.3, 0.4) is 0 Å². The quantitative estimate of drug-likeness (QED) is 0.374. The molecular weight excluding hydrogens is 518 g/mol. The van der Waals surface area contributed by atoms with Crippen LogP contribution in [0.4, 0.5) is 30.2 Å². The number of para-hydroxylation sites is 1. The van der Waals surface area contributed by atoms with E-state index in [1.807, 2.05) is 0 Å². The van der Waals surface area contributed by atoms with Crippen molar-refractivity contribution < 1.29 is 27.6 Å². The number of imide groups is 1. The van der Waals surface area contributed by atoms with E-state index in [9.17, 15) is 27.6 Å². The Morgan fingerprint density at radius 3 is 2.33 bits per heavy atom. The van der Waals surface area contributed by atoms with Gasteiger partial charge in [0.2, 0.25) is 0 Å². The number of nitrogens with zero attached hydrogens (tertiary/aromatic N) is 1. The lowest BCUT2D eigenvalue weighted by Gasteiger charge is -2.18. The van der Waals surface area contributed by atoms with Gasteiger partial charge in [0.25, 0.3) is 17.7 Å². The molecule has 36 heavy (non-hydrogen) atoms. The van der Waals surface area contributed by atoms with Crippen molar-refractivity contribution in [2.75, 3.05) is 15.5 Å². The highest BCUT2D eigenvalue weighted by Crippen LogP contribution is 2.36. The van der Waals surface area contributed by atoms with Crippen LogP contribution in [0.15, 0.2) is 77.5 Å². The highest BCUT2D eigenvalue weighted by molar-refractivity contribution is 6.53. The van der Waals surface area contributed by atoms with Crippen molar-refractivity contribution in [3.8, 4) is 0 Å². The van der Waals surface area contributed by atoms with Crippen molar-refractivity contribution in [2.24, 2.45) is 0 Å². The first-order chi connectivity index (χ1) is 17.0. The third-order valence-corrected chi connectivity index (χ3v) is 6.14. The predicted octanol–water partition coefficient (Wildman–Crippen LogP) is 6.36. The summed E-state index contributed by atoms with van der Waals surface area (Å²) >= 11 is 12.3. The van der Waals surface area contributed by atoms with Crippen molar-refractivity contribution in [3.05, 3.63) is 99.2 Å². The SMILES string of the molecule is Cc1c(Cl)cccc1N1C(=O)C(Cl)=C(Nc2cccc(C(=O)Nc3ccccc3C(F)(F)F)c2)C1=O. The molecule has 0 spiro atoms. The van der Waals surface area contributed by atoms with Crippen LogP contribution in [0.1, 0.15) is 21.5 Å². The fourth-order valence-corrected chi connectivity index (χ4v) is 3.97. The Morgan fingerprint density at radius 1 is 0.917 bits per heavy atom. The lowest BCUT2D eigenvalue weighted by molar-refractivity contribution is -0.137. The van der Waals surface area contributed by atoms with Gasteiger partial charge in [0.1, 0.15) is 10.7 Å². The van der Waals surface area contributed by atoms with Gasteiger partial charge in [0, 0.05) is 16.3 Å². The third kappa shape index (κ3) is 4.80. The highest BCUT2D eigenvalue weighted by Gasteiger charge is 2.40. The average Bonchev–Trinajstić information content (AvgIpc) is 3.04. The minimum Gasteiger partial charge on any atom is -0.350 e. The summed E-state index contributed by atoms with van der Waals surface area (Å²) in [7, 11) is 0. The minimum absolute atomic E-state index is 0.00742. The van der Waals surface area contributed by atoms with Gasteiger partial charge >= 0.3 is 6.18 Å². The fourth-order valence-electron chi connectivity index (χ4n) is 3.58.